The number of para-hydroxylation sites is 1. The van der Waals surface area contributed by atoms with Crippen molar-refractivity contribution in [2.75, 3.05) is 19.4 Å². The Balaban J connectivity index is 2.19. The maximum absolute atomic E-state index is 11.6. The van der Waals surface area contributed by atoms with Crippen molar-refractivity contribution >= 4 is 22.8 Å². The van der Waals surface area contributed by atoms with Gasteiger partial charge < -0.3 is 10.6 Å². The van der Waals surface area contributed by atoms with Crippen molar-refractivity contribution < 1.29 is 4.79 Å². The first-order valence-electron chi connectivity index (χ1n) is 6.45. The molecule has 0 aliphatic rings. The number of carbonyl (C=O) groups is 1. The van der Waals surface area contributed by atoms with E-state index in [0.717, 1.165) is 10.9 Å². The third-order valence-electron chi connectivity index (χ3n) is 3.07. The van der Waals surface area contributed by atoms with E-state index in [2.05, 4.69) is 25.7 Å². The molecule has 2 heterocycles. The Bertz CT molecular complexity index is 810. The van der Waals surface area contributed by atoms with Crippen molar-refractivity contribution in [3.8, 4) is 5.82 Å². The van der Waals surface area contributed by atoms with Gasteiger partial charge in [0.1, 0.15) is 0 Å². The van der Waals surface area contributed by atoms with Crippen LogP contribution in [0.2, 0.25) is 0 Å². The zero-order valence-electron chi connectivity index (χ0n) is 11.7. The van der Waals surface area contributed by atoms with Gasteiger partial charge in [-0.3, -0.25) is 4.79 Å². The van der Waals surface area contributed by atoms with Crippen LogP contribution < -0.4 is 10.6 Å². The number of amides is 1. The summed E-state index contributed by atoms with van der Waals surface area (Å²) in [5.41, 5.74) is 1.15. The fourth-order valence-electron chi connectivity index (χ4n) is 2.04. The van der Waals surface area contributed by atoms with Gasteiger partial charge in [0.15, 0.2) is 11.5 Å². The van der Waals surface area contributed by atoms with Crippen molar-refractivity contribution in [1.29, 1.82) is 0 Å². The maximum Gasteiger partial charge on any atom is 0.271 e. The zero-order valence-corrected chi connectivity index (χ0v) is 11.7. The van der Waals surface area contributed by atoms with Crippen molar-refractivity contribution in [2.45, 2.75) is 0 Å². The molecule has 21 heavy (non-hydrogen) atoms. The number of aromatic nitrogens is 4. The Hall–Kier alpha value is -2.96. The second kappa shape index (κ2) is 5.20. The molecule has 0 saturated heterocycles. The second-order valence-electron chi connectivity index (χ2n) is 4.36. The highest BCUT2D eigenvalue weighted by Crippen LogP contribution is 2.20. The van der Waals surface area contributed by atoms with Gasteiger partial charge in [0, 0.05) is 25.7 Å². The number of hydrogen-bond donors (Lipinski definition) is 2. The zero-order chi connectivity index (χ0) is 14.8. The molecular weight excluding hydrogens is 268 g/mol. The van der Waals surface area contributed by atoms with Gasteiger partial charge >= 0.3 is 0 Å². The topological polar surface area (TPSA) is 84.7 Å². The van der Waals surface area contributed by atoms with Gasteiger partial charge in [0.25, 0.3) is 5.91 Å². The minimum Gasteiger partial charge on any atom is -0.357 e. The molecule has 0 aliphatic carbocycles. The summed E-state index contributed by atoms with van der Waals surface area (Å²) in [5, 5.41) is 10.6. The highest BCUT2D eigenvalue weighted by atomic mass is 16.1. The van der Waals surface area contributed by atoms with Crippen molar-refractivity contribution in [3.05, 3.63) is 42.2 Å². The molecule has 1 aromatic carbocycles. The quantitative estimate of drug-likeness (QED) is 0.754. The van der Waals surface area contributed by atoms with E-state index in [4.69, 9.17) is 0 Å². The number of benzene rings is 1. The molecule has 2 N–H and O–H groups in total. The fraction of sp³-hybridized carbons (Fsp3) is 0.143. The lowest BCUT2D eigenvalue weighted by Crippen LogP contribution is -2.18. The van der Waals surface area contributed by atoms with E-state index in [9.17, 15) is 4.79 Å². The summed E-state index contributed by atoms with van der Waals surface area (Å²) in [7, 11) is 3.33. The van der Waals surface area contributed by atoms with E-state index in [-0.39, 0.29) is 5.91 Å². The molecule has 0 bridgehead atoms. The summed E-state index contributed by atoms with van der Waals surface area (Å²) < 4.78 is 1.58. The molecule has 0 spiro atoms. The van der Waals surface area contributed by atoms with Crippen LogP contribution in [0, 0.1) is 0 Å². The van der Waals surface area contributed by atoms with E-state index in [1.807, 2.05) is 24.3 Å². The molecule has 3 aromatic rings. The lowest BCUT2D eigenvalue weighted by molar-refractivity contribution is 0.0957. The highest BCUT2D eigenvalue weighted by Gasteiger charge is 2.12. The lowest BCUT2D eigenvalue weighted by Gasteiger charge is -2.08. The molecule has 0 radical (unpaired) electrons. The minimum absolute atomic E-state index is 0.235. The van der Waals surface area contributed by atoms with Crippen LogP contribution in [0.4, 0.5) is 5.95 Å². The molecule has 0 atom stereocenters. The van der Waals surface area contributed by atoms with Crippen LogP contribution in [0.1, 0.15) is 10.5 Å². The number of rotatable bonds is 3. The molecule has 0 fully saturated rings. The minimum atomic E-state index is -0.235. The van der Waals surface area contributed by atoms with Gasteiger partial charge in [-0.1, -0.05) is 12.1 Å². The summed E-state index contributed by atoms with van der Waals surface area (Å²) in [5.74, 6) is 0.891. The van der Waals surface area contributed by atoms with Gasteiger partial charge in [0.2, 0.25) is 5.95 Å². The predicted octanol–water partition coefficient (Wildman–Crippen LogP) is 1.22. The van der Waals surface area contributed by atoms with Crippen LogP contribution in [-0.2, 0) is 0 Å². The third-order valence-corrected chi connectivity index (χ3v) is 3.07. The van der Waals surface area contributed by atoms with Crippen LogP contribution in [0.3, 0.4) is 0 Å². The molecule has 0 unspecified atom stereocenters. The number of anilines is 1. The number of carbonyl (C=O) groups excluding carboxylic acids is 1. The van der Waals surface area contributed by atoms with Crippen molar-refractivity contribution in [1.82, 2.24) is 25.1 Å². The largest absolute Gasteiger partial charge is 0.357 e. The van der Waals surface area contributed by atoms with Crippen LogP contribution in [0.5, 0.6) is 0 Å². The van der Waals surface area contributed by atoms with Crippen LogP contribution in [0.25, 0.3) is 16.7 Å². The molecule has 7 nitrogen and oxygen atoms in total. The summed E-state index contributed by atoms with van der Waals surface area (Å²) in [6.07, 6.45) is 1.71. The molecule has 3 rings (SSSR count). The lowest BCUT2D eigenvalue weighted by atomic mass is 10.2. The first kappa shape index (κ1) is 13.0. The van der Waals surface area contributed by atoms with E-state index >= 15 is 0 Å². The predicted molar refractivity (Wildman–Crippen MR) is 79.6 cm³/mol. The maximum atomic E-state index is 11.6. The Morgan fingerprint density at radius 2 is 1.95 bits per heavy atom. The first-order valence-corrected chi connectivity index (χ1v) is 6.45. The first-order chi connectivity index (χ1) is 10.2. The molecule has 7 heteroatoms. The van der Waals surface area contributed by atoms with E-state index < -0.39 is 0 Å². The smallest absolute Gasteiger partial charge is 0.271 e. The molecule has 106 valence electrons. The van der Waals surface area contributed by atoms with Crippen LogP contribution in [0.15, 0.2) is 36.5 Å². The molecule has 0 saturated carbocycles. The Labute approximate surface area is 121 Å². The monoisotopic (exact) mass is 282 g/mol. The number of hydrogen-bond acceptors (Lipinski definition) is 5. The van der Waals surface area contributed by atoms with E-state index in [1.54, 1.807) is 31.0 Å². The summed E-state index contributed by atoms with van der Waals surface area (Å²) in [6.45, 7) is 0. The van der Waals surface area contributed by atoms with E-state index in [1.165, 1.54) is 0 Å². The van der Waals surface area contributed by atoms with Crippen molar-refractivity contribution in [2.24, 2.45) is 0 Å². The Morgan fingerprint density at radius 1 is 1.14 bits per heavy atom. The Morgan fingerprint density at radius 3 is 2.71 bits per heavy atom. The van der Waals surface area contributed by atoms with Crippen molar-refractivity contribution in [3.63, 3.8) is 0 Å². The van der Waals surface area contributed by atoms with Gasteiger partial charge in [0.05, 0.1) is 5.52 Å². The second-order valence-corrected chi connectivity index (χ2v) is 4.36. The summed E-state index contributed by atoms with van der Waals surface area (Å²) in [4.78, 5) is 20.4. The third kappa shape index (κ3) is 2.29. The Kier molecular flexibility index (Phi) is 3.23. The molecule has 0 aliphatic heterocycles. The van der Waals surface area contributed by atoms with Gasteiger partial charge in [-0.25, -0.2) is 9.67 Å². The van der Waals surface area contributed by atoms with Gasteiger partial charge in [-0.05, 0) is 18.2 Å². The number of nitrogens with zero attached hydrogens (tertiary/aromatic N) is 4. The van der Waals surface area contributed by atoms with E-state index in [0.29, 0.717) is 17.5 Å². The average Bonchev–Trinajstić information content (AvgIpc) is 3.02. The average molecular weight is 282 g/mol. The number of nitrogens with one attached hydrogen (secondary N) is 2. The van der Waals surface area contributed by atoms with Gasteiger partial charge in [-0.2, -0.15) is 10.1 Å². The SMILES string of the molecule is CNC(=O)c1ccn(-c2nc(NC)nc3ccccc23)n1. The highest BCUT2D eigenvalue weighted by molar-refractivity contribution is 5.92. The molecule has 1 amide bonds. The molecule has 2 aromatic heterocycles. The summed E-state index contributed by atoms with van der Waals surface area (Å²) in [6, 6.07) is 9.31. The number of fused-ring (bicyclic) bond motifs is 1. The normalized spacial score (nSPS) is 10.6. The standard InChI is InChI=1S/C14H14N6O/c1-15-13(21)11-7-8-20(19-11)12-9-5-3-4-6-10(9)17-14(16-2)18-12/h3-8H,1-2H3,(H,15,21)(H,16,17,18). The van der Waals surface area contributed by atoms with Gasteiger partial charge in [-0.15, -0.1) is 0 Å². The summed E-state index contributed by atoms with van der Waals surface area (Å²) >= 11 is 0. The van der Waals surface area contributed by atoms with Crippen LogP contribution >= 0.6 is 0 Å². The van der Waals surface area contributed by atoms with Crippen LogP contribution in [-0.4, -0.2) is 39.8 Å². The molecular formula is C14H14N6O. The fourth-order valence-corrected chi connectivity index (χ4v) is 2.04.